The Morgan fingerprint density at radius 2 is 2.00 bits per heavy atom. The average Bonchev–Trinajstić information content (AvgIpc) is 3.39. The number of nitrogen functional groups attached to an aromatic ring is 1. The van der Waals surface area contributed by atoms with Gasteiger partial charge in [0.2, 0.25) is 0 Å². The minimum absolute atomic E-state index is 0.278. The number of nitrogens with zero attached hydrogens (tertiary/aromatic N) is 2. The van der Waals surface area contributed by atoms with E-state index in [2.05, 4.69) is 10.3 Å². The summed E-state index contributed by atoms with van der Waals surface area (Å²) < 4.78 is 11.7. The van der Waals surface area contributed by atoms with Gasteiger partial charge in [0.1, 0.15) is 5.82 Å². The molecule has 1 saturated heterocycles. The van der Waals surface area contributed by atoms with Crippen molar-refractivity contribution in [1.29, 1.82) is 0 Å². The quantitative estimate of drug-likeness (QED) is 0.719. The summed E-state index contributed by atoms with van der Waals surface area (Å²) in [5.41, 5.74) is 15.9. The van der Waals surface area contributed by atoms with E-state index in [1.807, 2.05) is 12.4 Å². The van der Waals surface area contributed by atoms with Crippen LogP contribution >= 0.6 is 0 Å². The highest BCUT2D eigenvalue weighted by molar-refractivity contribution is 5.96. The van der Waals surface area contributed by atoms with Crippen LogP contribution in [-0.2, 0) is 9.47 Å². The van der Waals surface area contributed by atoms with E-state index in [-0.39, 0.29) is 5.92 Å². The molecule has 7 heteroatoms. The topological polar surface area (TPSA) is 108 Å². The van der Waals surface area contributed by atoms with Gasteiger partial charge in [0.25, 0.3) is 0 Å². The number of nitrogens with two attached hydrogens (primary N) is 2. The highest BCUT2D eigenvalue weighted by Gasteiger charge is 2.41. The smallest absolute Gasteiger partial charge is 0.185 e. The fourth-order valence-electron chi connectivity index (χ4n) is 4.75. The minimum Gasteiger partial charge on any atom is -0.383 e. The van der Waals surface area contributed by atoms with E-state index in [0.29, 0.717) is 17.8 Å². The normalized spacial score (nSPS) is 34.8. The van der Waals surface area contributed by atoms with Crippen LogP contribution in [-0.4, -0.2) is 42.9 Å². The first-order valence-electron chi connectivity index (χ1n) is 10.7. The third-order valence-electron chi connectivity index (χ3n) is 6.84. The third-order valence-corrected chi connectivity index (χ3v) is 6.84. The summed E-state index contributed by atoms with van der Waals surface area (Å²) in [6.07, 6.45) is 11.9. The first-order chi connectivity index (χ1) is 13.6. The third kappa shape index (κ3) is 3.51. The molecule has 1 aromatic rings. The average molecular weight is 386 g/mol. The second kappa shape index (κ2) is 7.28. The van der Waals surface area contributed by atoms with Crippen LogP contribution in [0.25, 0.3) is 0 Å². The van der Waals surface area contributed by atoms with Gasteiger partial charge in [-0.2, -0.15) is 0 Å². The number of aromatic nitrogens is 1. The Hall–Kier alpha value is -1.70. The molecule has 2 unspecified atom stereocenters. The number of ether oxygens (including phenoxy) is 2. The van der Waals surface area contributed by atoms with Crippen molar-refractivity contribution in [3.05, 3.63) is 17.3 Å². The Labute approximate surface area is 166 Å². The predicted molar refractivity (Wildman–Crippen MR) is 109 cm³/mol. The monoisotopic (exact) mass is 385 g/mol. The number of anilines is 2. The number of fused-ring (bicyclic) bond motifs is 1. The van der Waals surface area contributed by atoms with Crippen LogP contribution in [0, 0.1) is 11.8 Å². The van der Waals surface area contributed by atoms with Crippen molar-refractivity contribution < 1.29 is 9.47 Å². The molecule has 2 saturated carbocycles. The molecule has 4 aliphatic rings. The maximum Gasteiger partial charge on any atom is 0.185 e. The van der Waals surface area contributed by atoms with Crippen molar-refractivity contribution in [2.45, 2.75) is 62.8 Å². The molecule has 1 aromatic heterocycles. The lowest BCUT2D eigenvalue weighted by atomic mass is 9.81. The molecule has 2 atom stereocenters. The van der Waals surface area contributed by atoms with Crippen LogP contribution in [0.15, 0.2) is 11.2 Å². The summed E-state index contributed by atoms with van der Waals surface area (Å²) >= 11 is 0. The van der Waals surface area contributed by atoms with E-state index in [9.17, 15) is 0 Å². The minimum atomic E-state index is -0.795. The molecular weight excluding hydrogens is 354 g/mol. The van der Waals surface area contributed by atoms with Crippen LogP contribution in [0.1, 0.15) is 62.0 Å². The molecule has 0 amide bonds. The van der Waals surface area contributed by atoms with Gasteiger partial charge in [0.15, 0.2) is 5.79 Å². The van der Waals surface area contributed by atoms with Crippen molar-refractivity contribution in [1.82, 2.24) is 4.98 Å². The number of nitrogens with one attached hydrogen (secondary N) is 1. The Bertz CT molecular complexity index is 751. The molecule has 0 spiro atoms. The van der Waals surface area contributed by atoms with Gasteiger partial charge in [-0.1, -0.05) is 0 Å². The Balaban J connectivity index is 1.31. The van der Waals surface area contributed by atoms with Gasteiger partial charge >= 0.3 is 0 Å². The van der Waals surface area contributed by atoms with Crippen molar-refractivity contribution in [3.8, 4) is 0 Å². The molecule has 0 bridgehead atoms. The Morgan fingerprint density at radius 3 is 2.71 bits per heavy atom. The fraction of sp³-hybridized carbons (Fsp3) is 0.714. The SMILES string of the molecule is Nc1ncc(C2CCOC2)c2c1C=NC(N)(C1CCC(OCC3CC3)CC1)N2. The van der Waals surface area contributed by atoms with Crippen LogP contribution < -0.4 is 16.8 Å². The summed E-state index contributed by atoms with van der Waals surface area (Å²) in [6.45, 7) is 2.44. The maximum absolute atomic E-state index is 6.80. The van der Waals surface area contributed by atoms with E-state index in [0.717, 1.165) is 74.7 Å². The van der Waals surface area contributed by atoms with Gasteiger partial charge in [-0.3, -0.25) is 5.73 Å². The van der Waals surface area contributed by atoms with E-state index in [1.165, 1.54) is 12.8 Å². The lowest BCUT2D eigenvalue weighted by molar-refractivity contribution is 0.00538. The van der Waals surface area contributed by atoms with E-state index in [4.69, 9.17) is 25.9 Å². The van der Waals surface area contributed by atoms with Crippen LogP contribution in [0.2, 0.25) is 0 Å². The molecule has 0 aromatic carbocycles. The Morgan fingerprint density at radius 1 is 1.18 bits per heavy atom. The van der Waals surface area contributed by atoms with Crippen LogP contribution in [0.5, 0.6) is 0 Å². The molecule has 152 valence electrons. The summed E-state index contributed by atoms with van der Waals surface area (Å²) in [4.78, 5) is 9.09. The van der Waals surface area contributed by atoms with Crippen LogP contribution in [0.3, 0.4) is 0 Å². The van der Waals surface area contributed by atoms with Gasteiger partial charge < -0.3 is 20.5 Å². The fourth-order valence-corrected chi connectivity index (χ4v) is 4.75. The molecule has 5 N–H and O–H groups in total. The second-order valence-corrected chi connectivity index (χ2v) is 8.91. The van der Waals surface area contributed by atoms with Crippen molar-refractivity contribution >= 4 is 17.7 Å². The van der Waals surface area contributed by atoms with Crippen molar-refractivity contribution in [2.24, 2.45) is 22.6 Å². The predicted octanol–water partition coefficient (Wildman–Crippen LogP) is 2.61. The maximum atomic E-state index is 6.80. The second-order valence-electron chi connectivity index (χ2n) is 8.91. The Kier molecular flexibility index (Phi) is 4.77. The van der Waals surface area contributed by atoms with E-state index in [1.54, 1.807) is 0 Å². The van der Waals surface area contributed by atoms with Gasteiger partial charge in [-0.25, -0.2) is 9.98 Å². The number of hydrogen-bond acceptors (Lipinski definition) is 7. The lowest BCUT2D eigenvalue weighted by Crippen LogP contribution is -2.55. The highest BCUT2D eigenvalue weighted by atomic mass is 16.5. The molecule has 0 radical (unpaired) electrons. The standard InChI is InChI=1S/C21H31N5O2/c22-20-18-10-25-21(23,15-3-5-16(6-4-15)28-11-13-1-2-13)26-19(18)17(9-24-20)14-7-8-27-12-14/h9-10,13-16,26H,1-8,11-12,23H2,(H2,22,24). The number of aliphatic imine (C=N–C) groups is 1. The summed E-state index contributed by atoms with van der Waals surface area (Å²) in [5.74, 6) is 1.12. The first kappa shape index (κ1) is 18.3. The lowest BCUT2D eigenvalue weighted by Gasteiger charge is -2.42. The summed E-state index contributed by atoms with van der Waals surface area (Å²) in [6, 6.07) is 0. The molecule has 3 heterocycles. The van der Waals surface area contributed by atoms with Gasteiger partial charge in [0, 0.05) is 37.5 Å². The van der Waals surface area contributed by atoms with Crippen molar-refractivity contribution in [2.75, 3.05) is 30.9 Å². The summed E-state index contributed by atoms with van der Waals surface area (Å²) in [5, 5.41) is 3.57. The molecule has 2 aliphatic carbocycles. The molecule has 3 fully saturated rings. The van der Waals surface area contributed by atoms with Crippen LogP contribution in [0.4, 0.5) is 11.5 Å². The highest BCUT2D eigenvalue weighted by Crippen LogP contribution is 2.41. The first-order valence-corrected chi connectivity index (χ1v) is 10.7. The van der Waals surface area contributed by atoms with Gasteiger partial charge in [-0.15, -0.1) is 0 Å². The zero-order valence-corrected chi connectivity index (χ0v) is 16.4. The van der Waals surface area contributed by atoms with E-state index < -0.39 is 5.79 Å². The molecule has 28 heavy (non-hydrogen) atoms. The molecule has 5 rings (SSSR count). The molecule has 7 nitrogen and oxygen atoms in total. The summed E-state index contributed by atoms with van der Waals surface area (Å²) in [7, 11) is 0. The zero-order chi connectivity index (χ0) is 19.1. The number of pyridine rings is 1. The zero-order valence-electron chi connectivity index (χ0n) is 16.4. The van der Waals surface area contributed by atoms with E-state index >= 15 is 0 Å². The molecular formula is C21H31N5O2. The number of rotatable bonds is 5. The van der Waals surface area contributed by atoms with Crippen molar-refractivity contribution in [3.63, 3.8) is 0 Å². The molecule has 2 aliphatic heterocycles. The van der Waals surface area contributed by atoms with Gasteiger partial charge in [0.05, 0.1) is 24.0 Å². The number of hydrogen-bond donors (Lipinski definition) is 3. The largest absolute Gasteiger partial charge is 0.383 e. The van der Waals surface area contributed by atoms with Gasteiger partial charge in [-0.05, 0) is 56.4 Å².